The summed E-state index contributed by atoms with van der Waals surface area (Å²) < 4.78 is 0. The van der Waals surface area contributed by atoms with Crippen molar-refractivity contribution in [2.24, 2.45) is 0 Å². The summed E-state index contributed by atoms with van der Waals surface area (Å²) >= 11 is 0. The Morgan fingerprint density at radius 3 is 2.50 bits per heavy atom. The van der Waals surface area contributed by atoms with Crippen molar-refractivity contribution in [2.75, 3.05) is 18.0 Å². The van der Waals surface area contributed by atoms with Crippen LogP contribution in [-0.4, -0.2) is 23.1 Å². The zero-order valence-corrected chi connectivity index (χ0v) is 13.0. The first-order valence-electron chi connectivity index (χ1n) is 8.19. The number of nitrogens with zero attached hydrogens (tertiary/aromatic N) is 3. The van der Waals surface area contributed by atoms with E-state index in [4.69, 9.17) is 0 Å². The molecule has 0 amide bonds. The quantitative estimate of drug-likeness (QED) is 0.839. The topological polar surface area (TPSA) is 29.0 Å². The van der Waals surface area contributed by atoms with Gasteiger partial charge >= 0.3 is 0 Å². The molecule has 1 saturated heterocycles. The van der Waals surface area contributed by atoms with Gasteiger partial charge in [0.2, 0.25) is 0 Å². The minimum Gasteiger partial charge on any atom is -0.356 e. The molecule has 1 aliphatic heterocycles. The van der Waals surface area contributed by atoms with Gasteiger partial charge in [-0.2, -0.15) is 0 Å². The SMILES string of the molecule is CC1=C(c2ccccc2)Cc2c1ncnc2N1CCCCC1. The lowest BCUT2D eigenvalue weighted by atomic mass is 10.0. The van der Waals surface area contributed by atoms with Crippen molar-refractivity contribution in [3.63, 3.8) is 0 Å². The van der Waals surface area contributed by atoms with Crippen LogP contribution >= 0.6 is 0 Å². The molecule has 1 aromatic heterocycles. The lowest BCUT2D eigenvalue weighted by molar-refractivity contribution is 0.571. The van der Waals surface area contributed by atoms with Gasteiger partial charge in [-0.3, -0.25) is 0 Å². The summed E-state index contributed by atoms with van der Waals surface area (Å²) in [7, 11) is 0. The van der Waals surface area contributed by atoms with Gasteiger partial charge in [-0.25, -0.2) is 9.97 Å². The van der Waals surface area contributed by atoms with Crippen LogP contribution in [0.1, 0.15) is 43.0 Å². The molecule has 0 atom stereocenters. The van der Waals surface area contributed by atoms with Gasteiger partial charge in [0, 0.05) is 25.1 Å². The van der Waals surface area contributed by atoms with E-state index in [9.17, 15) is 0 Å². The third-order valence-corrected chi connectivity index (χ3v) is 4.86. The average Bonchev–Trinajstić information content (AvgIpc) is 2.94. The molecule has 0 N–H and O–H groups in total. The molecule has 1 aromatic carbocycles. The summed E-state index contributed by atoms with van der Waals surface area (Å²) in [5.74, 6) is 1.16. The van der Waals surface area contributed by atoms with E-state index in [2.05, 4.69) is 52.1 Å². The van der Waals surface area contributed by atoms with E-state index in [1.807, 2.05) is 0 Å². The van der Waals surface area contributed by atoms with Crippen molar-refractivity contribution >= 4 is 17.0 Å². The zero-order chi connectivity index (χ0) is 14.9. The summed E-state index contributed by atoms with van der Waals surface area (Å²) in [4.78, 5) is 11.7. The molecule has 4 rings (SSSR count). The van der Waals surface area contributed by atoms with E-state index >= 15 is 0 Å². The van der Waals surface area contributed by atoms with Crippen LogP contribution in [0, 0.1) is 0 Å². The number of anilines is 1. The Morgan fingerprint density at radius 1 is 0.955 bits per heavy atom. The summed E-state index contributed by atoms with van der Waals surface area (Å²) in [6.07, 6.45) is 6.59. The second kappa shape index (κ2) is 5.56. The molecule has 0 saturated carbocycles. The minimum atomic E-state index is 0.956. The lowest BCUT2D eigenvalue weighted by Crippen LogP contribution is -2.31. The molecular formula is C19H21N3. The van der Waals surface area contributed by atoms with Crippen LogP contribution < -0.4 is 4.90 Å². The Hall–Kier alpha value is -2.16. The predicted octanol–water partition coefficient (Wildman–Crippen LogP) is 3.95. The van der Waals surface area contributed by atoms with Crippen LogP contribution in [0.5, 0.6) is 0 Å². The summed E-state index contributed by atoms with van der Waals surface area (Å²) in [6.45, 7) is 4.45. The first-order chi connectivity index (χ1) is 10.8. The molecule has 3 heteroatoms. The van der Waals surface area contributed by atoms with E-state index in [0.29, 0.717) is 0 Å². The maximum atomic E-state index is 4.62. The Bertz CT molecular complexity index is 713. The van der Waals surface area contributed by atoms with Crippen LogP contribution in [0.25, 0.3) is 11.1 Å². The highest BCUT2D eigenvalue weighted by Crippen LogP contribution is 2.40. The van der Waals surface area contributed by atoms with Gasteiger partial charge in [-0.05, 0) is 42.9 Å². The molecular weight excluding hydrogens is 270 g/mol. The first-order valence-corrected chi connectivity index (χ1v) is 8.19. The lowest BCUT2D eigenvalue weighted by Gasteiger charge is -2.29. The molecule has 3 nitrogen and oxygen atoms in total. The highest BCUT2D eigenvalue weighted by atomic mass is 15.2. The number of hydrogen-bond donors (Lipinski definition) is 0. The first kappa shape index (κ1) is 13.5. The van der Waals surface area contributed by atoms with Gasteiger partial charge in [-0.1, -0.05) is 30.3 Å². The second-order valence-electron chi connectivity index (χ2n) is 6.22. The van der Waals surface area contributed by atoms with Crippen molar-refractivity contribution in [1.82, 2.24) is 9.97 Å². The van der Waals surface area contributed by atoms with Crippen LogP contribution in [0.2, 0.25) is 0 Å². The zero-order valence-electron chi connectivity index (χ0n) is 13.0. The monoisotopic (exact) mass is 291 g/mol. The smallest absolute Gasteiger partial charge is 0.136 e. The van der Waals surface area contributed by atoms with Gasteiger partial charge in [0.1, 0.15) is 12.1 Å². The number of fused-ring (bicyclic) bond motifs is 1. The molecule has 2 heterocycles. The van der Waals surface area contributed by atoms with Gasteiger partial charge in [0.25, 0.3) is 0 Å². The molecule has 0 bridgehead atoms. The second-order valence-corrected chi connectivity index (χ2v) is 6.22. The average molecular weight is 291 g/mol. The van der Waals surface area contributed by atoms with Crippen molar-refractivity contribution in [3.05, 3.63) is 53.5 Å². The Labute approximate surface area is 131 Å². The van der Waals surface area contributed by atoms with Crippen LogP contribution in [-0.2, 0) is 6.42 Å². The number of hydrogen-bond acceptors (Lipinski definition) is 3. The third kappa shape index (κ3) is 2.21. The summed E-state index contributed by atoms with van der Waals surface area (Å²) in [6, 6.07) is 10.7. The highest BCUT2D eigenvalue weighted by Gasteiger charge is 2.27. The van der Waals surface area contributed by atoms with Gasteiger partial charge < -0.3 is 4.90 Å². The molecule has 1 aliphatic carbocycles. The molecule has 2 aromatic rings. The molecule has 1 fully saturated rings. The fourth-order valence-electron chi connectivity index (χ4n) is 3.68. The number of piperidine rings is 1. The van der Waals surface area contributed by atoms with E-state index in [-0.39, 0.29) is 0 Å². The molecule has 0 radical (unpaired) electrons. The van der Waals surface area contributed by atoms with Crippen LogP contribution in [0.3, 0.4) is 0 Å². The van der Waals surface area contributed by atoms with Gasteiger partial charge in [0.15, 0.2) is 0 Å². The number of rotatable bonds is 2. The van der Waals surface area contributed by atoms with Crippen molar-refractivity contribution in [2.45, 2.75) is 32.6 Å². The third-order valence-electron chi connectivity index (χ3n) is 4.86. The van der Waals surface area contributed by atoms with E-state index < -0.39 is 0 Å². The largest absolute Gasteiger partial charge is 0.356 e. The van der Waals surface area contributed by atoms with Crippen molar-refractivity contribution in [3.8, 4) is 0 Å². The van der Waals surface area contributed by atoms with E-state index in [0.717, 1.165) is 31.0 Å². The number of benzene rings is 1. The maximum absolute atomic E-state index is 4.62. The summed E-state index contributed by atoms with van der Waals surface area (Å²) in [5, 5.41) is 0. The van der Waals surface area contributed by atoms with E-state index in [1.165, 1.54) is 41.5 Å². The van der Waals surface area contributed by atoms with Crippen molar-refractivity contribution < 1.29 is 0 Å². The predicted molar refractivity (Wildman–Crippen MR) is 90.7 cm³/mol. The number of aromatic nitrogens is 2. The van der Waals surface area contributed by atoms with Crippen LogP contribution in [0.4, 0.5) is 5.82 Å². The Balaban J connectivity index is 1.73. The maximum Gasteiger partial charge on any atom is 0.136 e. The fraction of sp³-hybridized carbons (Fsp3) is 0.368. The highest BCUT2D eigenvalue weighted by molar-refractivity contribution is 5.96. The molecule has 112 valence electrons. The Kier molecular flexibility index (Phi) is 3.41. The van der Waals surface area contributed by atoms with Crippen LogP contribution in [0.15, 0.2) is 36.7 Å². The minimum absolute atomic E-state index is 0.956. The molecule has 2 aliphatic rings. The standard InChI is InChI=1S/C19H21N3/c1-14-16(15-8-4-2-5-9-15)12-17-18(14)20-13-21-19(17)22-10-6-3-7-11-22/h2,4-5,8-9,13H,3,6-7,10-12H2,1H3. The Morgan fingerprint density at radius 2 is 1.73 bits per heavy atom. The van der Waals surface area contributed by atoms with Gasteiger partial charge in [-0.15, -0.1) is 0 Å². The molecule has 0 unspecified atom stereocenters. The normalized spacial score (nSPS) is 17.8. The summed E-state index contributed by atoms with van der Waals surface area (Å²) in [5.41, 5.74) is 6.48. The molecule has 22 heavy (non-hydrogen) atoms. The van der Waals surface area contributed by atoms with Gasteiger partial charge in [0.05, 0.1) is 5.69 Å². The fourth-order valence-corrected chi connectivity index (χ4v) is 3.68. The number of allylic oxidation sites excluding steroid dienone is 2. The molecule has 0 spiro atoms. The van der Waals surface area contributed by atoms with Crippen molar-refractivity contribution in [1.29, 1.82) is 0 Å². The van der Waals surface area contributed by atoms with E-state index in [1.54, 1.807) is 6.33 Å².